The van der Waals surface area contributed by atoms with E-state index in [1.54, 1.807) is 4.57 Å². The Morgan fingerprint density at radius 3 is 2.68 bits per heavy atom. The Morgan fingerprint density at radius 1 is 1.13 bits per heavy atom. The molecule has 9 nitrogen and oxygen atoms in total. The zero-order valence-electron chi connectivity index (χ0n) is 17.4. The fourth-order valence-electron chi connectivity index (χ4n) is 3.95. The van der Waals surface area contributed by atoms with Crippen LogP contribution in [0, 0.1) is 0 Å². The minimum atomic E-state index is -0.342. The first kappa shape index (κ1) is 19.1. The third-order valence-electron chi connectivity index (χ3n) is 5.47. The molecule has 31 heavy (non-hydrogen) atoms. The molecule has 0 aliphatic carbocycles. The third kappa shape index (κ3) is 3.27. The third-order valence-corrected chi connectivity index (χ3v) is 5.47. The van der Waals surface area contributed by atoms with Crippen molar-refractivity contribution in [2.75, 3.05) is 42.3 Å². The van der Waals surface area contributed by atoms with E-state index in [9.17, 15) is 9.59 Å². The quantitative estimate of drug-likeness (QED) is 0.698. The molecule has 0 spiro atoms. The zero-order chi connectivity index (χ0) is 21.5. The molecule has 1 aromatic heterocycles. The van der Waals surface area contributed by atoms with Crippen LogP contribution in [-0.4, -0.2) is 53.3 Å². The molecular formula is C22H23N7O2. The van der Waals surface area contributed by atoms with E-state index >= 15 is 0 Å². The van der Waals surface area contributed by atoms with Gasteiger partial charge in [0.1, 0.15) is 12.4 Å². The van der Waals surface area contributed by atoms with Crippen molar-refractivity contribution in [1.82, 2.24) is 14.3 Å². The van der Waals surface area contributed by atoms with Crippen LogP contribution in [0.1, 0.15) is 12.0 Å². The molecule has 158 valence electrons. The van der Waals surface area contributed by atoms with Crippen LogP contribution in [0.2, 0.25) is 0 Å². The normalized spacial score (nSPS) is 14.3. The van der Waals surface area contributed by atoms with Crippen LogP contribution in [0.4, 0.5) is 17.3 Å². The molecule has 0 radical (unpaired) electrons. The topological polar surface area (TPSA) is 87.8 Å². The van der Waals surface area contributed by atoms with Gasteiger partial charge in [0.25, 0.3) is 0 Å². The number of rotatable bonds is 4. The number of nitrogens with zero attached hydrogens (tertiary/aromatic N) is 6. The maximum atomic E-state index is 13.2. The fourth-order valence-corrected chi connectivity index (χ4v) is 3.95. The van der Waals surface area contributed by atoms with Gasteiger partial charge in [-0.1, -0.05) is 12.1 Å². The number of amides is 1. The Kier molecular flexibility index (Phi) is 4.58. The Hall–Kier alpha value is -3.88. The number of hydrogen-bond donors (Lipinski definition) is 1. The second-order valence-electron chi connectivity index (χ2n) is 7.79. The van der Waals surface area contributed by atoms with Crippen molar-refractivity contribution in [2.24, 2.45) is 4.99 Å². The highest BCUT2D eigenvalue weighted by Crippen LogP contribution is 2.29. The first-order chi connectivity index (χ1) is 15.0. The average Bonchev–Trinajstić information content (AvgIpc) is 3.10. The Balaban J connectivity index is 1.45. The van der Waals surface area contributed by atoms with Crippen molar-refractivity contribution in [3.63, 3.8) is 0 Å². The molecule has 2 aliphatic heterocycles. The van der Waals surface area contributed by atoms with Crippen molar-refractivity contribution in [3.8, 4) is 5.69 Å². The number of hydrogen-bond acceptors (Lipinski definition) is 6. The van der Waals surface area contributed by atoms with E-state index in [1.807, 2.05) is 72.4 Å². The number of aromatic nitrogens is 3. The van der Waals surface area contributed by atoms with E-state index < -0.39 is 0 Å². The number of carbonyl (C=O) groups is 1. The van der Waals surface area contributed by atoms with Gasteiger partial charge in [-0.05, 0) is 42.8 Å². The molecule has 0 atom stereocenters. The van der Waals surface area contributed by atoms with E-state index in [-0.39, 0.29) is 18.1 Å². The molecule has 0 unspecified atom stereocenters. The molecule has 1 N–H and O–H groups in total. The number of aliphatic imine (C=N–C) groups is 1. The molecule has 3 aromatic rings. The molecule has 2 aliphatic rings. The molecule has 2 aromatic carbocycles. The van der Waals surface area contributed by atoms with Crippen LogP contribution >= 0.6 is 0 Å². The summed E-state index contributed by atoms with van der Waals surface area (Å²) in [5.41, 5.74) is 3.01. The molecule has 0 saturated heterocycles. The summed E-state index contributed by atoms with van der Waals surface area (Å²) in [4.78, 5) is 34.4. The maximum absolute atomic E-state index is 13.2. The van der Waals surface area contributed by atoms with E-state index in [0.717, 1.165) is 42.3 Å². The van der Waals surface area contributed by atoms with Crippen molar-refractivity contribution >= 4 is 29.1 Å². The van der Waals surface area contributed by atoms with Gasteiger partial charge in [0.2, 0.25) is 11.9 Å². The Bertz CT molecular complexity index is 1240. The van der Waals surface area contributed by atoms with Crippen molar-refractivity contribution < 1.29 is 4.79 Å². The molecule has 1 amide bonds. The summed E-state index contributed by atoms with van der Waals surface area (Å²) in [5, 5.41) is 7.33. The number of nitrogens with one attached hydrogen (secondary N) is 1. The summed E-state index contributed by atoms with van der Waals surface area (Å²) in [6.07, 6.45) is 0.885. The summed E-state index contributed by atoms with van der Waals surface area (Å²) < 4.78 is 2.78. The summed E-state index contributed by atoms with van der Waals surface area (Å²) >= 11 is 0. The second kappa shape index (κ2) is 7.42. The first-order valence-electron chi connectivity index (χ1n) is 10.2. The van der Waals surface area contributed by atoms with Gasteiger partial charge in [-0.2, -0.15) is 0 Å². The van der Waals surface area contributed by atoms with Crippen LogP contribution < -0.4 is 20.8 Å². The van der Waals surface area contributed by atoms with Crippen LogP contribution in [0.3, 0.4) is 0 Å². The highest BCUT2D eigenvalue weighted by molar-refractivity contribution is 6.13. The van der Waals surface area contributed by atoms with Crippen LogP contribution in [0.15, 0.2) is 58.3 Å². The van der Waals surface area contributed by atoms with Crippen molar-refractivity contribution in [2.45, 2.75) is 13.0 Å². The van der Waals surface area contributed by atoms with Crippen LogP contribution in [-0.2, 0) is 11.3 Å². The average molecular weight is 417 g/mol. The monoisotopic (exact) mass is 417 g/mol. The number of anilines is 3. The van der Waals surface area contributed by atoms with Gasteiger partial charge in [-0.3, -0.25) is 14.7 Å². The van der Waals surface area contributed by atoms with Gasteiger partial charge in [0.15, 0.2) is 0 Å². The minimum Gasteiger partial charge on any atom is -0.378 e. The summed E-state index contributed by atoms with van der Waals surface area (Å²) in [5.74, 6) is 1.03. The second-order valence-corrected chi connectivity index (χ2v) is 7.79. The first-order valence-corrected chi connectivity index (χ1v) is 10.2. The molecular weight excluding hydrogens is 394 g/mol. The van der Waals surface area contributed by atoms with E-state index in [4.69, 9.17) is 0 Å². The van der Waals surface area contributed by atoms with Gasteiger partial charge < -0.3 is 10.2 Å². The molecule has 0 saturated carbocycles. The number of para-hydroxylation sites is 1. The van der Waals surface area contributed by atoms with Gasteiger partial charge >= 0.3 is 5.69 Å². The largest absolute Gasteiger partial charge is 0.378 e. The van der Waals surface area contributed by atoms with Gasteiger partial charge in [0.05, 0.1) is 5.69 Å². The lowest BCUT2D eigenvalue weighted by atomic mass is 10.1. The molecule has 5 rings (SSSR count). The number of fused-ring (bicyclic) bond motifs is 6. The molecule has 0 fully saturated rings. The van der Waals surface area contributed by atoms with Gasteiger partial charge in [-0.25, -0.2) is 14.0 Å². The maximum Gasteiger partial charge on any atom is 0.352 e. The highest BCUT2D eigenvalue weighted by atomic mass is 16.2. The number of benzene rings is 2. The summed E-state index contributed by atoms with van der Waals surface area (Å²) in [7, 11) is 3.91. The van der Waals surface area contributed by atoms with Gasteiger partial charge in [-0.15, -0.1) is 5.10 Å². The number of carbonyl (C=O) groups excluding carboxylic acids is 1. The minimum absolute atomic E-state index is 0.170. The number of amidine groups is 1. The standard InChI is InChI=1S/C22H23N7O2/c1-26(2)16-10-8-15(9-11-16)24-19(30)14-28-22(31)29-18-7-4-3-6-17(18)20-23-12-5-13-27(20)21(29)25-28/h3-4,6-11H,5,12-14H2,1-2H3,(H,24,30). The predicted molar refractivity (Wildman–Crippen MR) is 121 cm³/mol. The fraction of sp³-hybridized carbons (Fsp3) is 0.273. The van der Waals surface area contributed by atoms with E-state index in [2.05, 4.69) is 15.4 Å². The molecule has 0 bridgehead atoms. The summed E-state index contributed by atoms with van der Waals surface area (Å²) in [6.45, 7) is 1.31. The van der Waals surface area contributed by atoms with Crippen molar-refractivity contribution in [3.05, 3.63) is 64.6 Å². The van der Waals surface area contributed by atoms with E-state index in [1.165, 1.54) is 4.68 Å². The Morgan fingerprint density at radius 2 is 1.90 bits per heavy atom. The SMILES string of the molecule is CN(C)c1ccc(NC(=O)Cn2nc3n(c2=O)-c2ccccc2C2=NCCCN23)cc1. The highest BCUT2D eigenvalue weighted by Gasteiger charge is 2.33. The van der Waals surface area contributed by atoms with Crippen molar-refractivity contribution in [1.29, 1.82) is 0 Å². The smallest absolute Gasteiger partial charge is 0.352 e. The molecule has 9 heteroatoms. The van der Waals surface area contributed by atoms with Crippen LogP contribution in [0.25, 0.3) is 5.69 Å². The van der Waals surface area contributed by atoms with Gasteiger partial charge in [0, 0.05) is 44.1 Å². The lowest BCUT2D eigenvalue weighted by Crippen LogP contribution is -2.42. The van der Waals surface area contributed by atoms with E-state index in [0.29, 0.717) is 11.6 Å². The lowest BCUT2D eigenvalue weighted by molar-refractivity contribution is -0.117. The summed E-state index contributed by atoms with van der Waals surface area (Å²) in [6, 6.07) is 15.2. The molecule has 3 heterocycles. The van der Waals surface area contributed by atoms with Crippen LogP contribution in [0.5, 0.6) is 0 Å². The lowest BCUT2D eigenvalue weighted by Gasteiger charge is -2.33. The Labute approximate surface area is 179 Å². The predicted octanol–water partition coefficient (Wildman–Crippen LogP) is 1.71. The zero-order valence-corrected chi connectivity index (χ0v) is 17.4.